The molecule has 1 aromatic rings. The Morgan fingerprint density at radius 1 is 0.920 bits per heavy atom. The molecule has 25 heavy (non-hydrogen) atoms. The van der Waals surface area contributed by atoms with Crippen molar-refractivity contribution in [2.75, 3.05) is 28.6 Å². The number of nitrogens with one attached hydrogen (secondary N) is 2. The minimum Gasteiger partial charge on any atom is -0.354 e. The lowest BCUT2D eigenvalue weighted by molar-refractivity contribution is -0.120. The average molecular weight is 346 g/mol. The molecule has 7 heteroatoms. The van der Waals surface area contributed by atoms with Crippen LogP contribution >= 0.6 is 0 Å². The molecule has 2 N–H and O–H groups in total. The SMILES string of the molecule is CC(C)CNc1nc(NCC(C)C)nc(N2C3CCC2CC(=O)C3)n1. The number of hydrogen-bond donors (Lipinski definition) is 2. The smallest absolute Gasteiger partial charge is 0.232 e. The number of ketones is 1. The molecule has 2 fully saturated rings. The molecule has 2 atom stereocenters. The Hall–Kier alpha value is -1.92. The van der Waals surface area contributed by atoms with Gasteiger partial charge in [-0.15, -0.1) is 0 Å². The van der Waals surface area contributed by atoms with Gasteiger partial charge in [0.2, 0.25) is 17.8 Å². The van der Waals surface area contributed by atoms with Crippen LogP contribution in [0.2, 0.25) is 0 Å². The molecule has 0 radical (unpaired) electrons. The van der Waals surface area contributed by atoms with Crippen LogP contribution in [0.5, 0.6) is 0 Å². The summed E-state index contributed by atoms with van der Waals surface area (Å²) in [6.07, 6.45) is 3.33. The maximum absolute atomic E-state index is 11.9. The second-order valence-electron chi connectivity index (χ2n) is 8.07. The predicted molar refractivity (Wildman–Crippen MR) is 100 cm³/mol. The summed E-state index contributed by atoms with van der Waals surface area (Å²) in [7, 11) is 0. The molecule has 2 unspecified atom stereocenters. The number of anilines is 3. The molecular formula is C18H30N6O. The van der Waals surface area contributed by atoms with Gasteiger partial charge in [-0.2, -0.15) is 15.0 Å². The van der Waals surface area contributed by atoms with E-state index in [0.29, 0.717) is 48.3 Å². The quantitative estimate of drug-likeness (QED) is 0.785. The Morgan fingerprint density at radius 3 is 1.84 bits per heavy atom. The Kier molecular flexibility index (Phi) is 5.39. The summed E-state index contributed by atoms with van der Waals surface area (Å²) in [6, 6.07) is 0.481. The van der Waals surface area contributed by atoms with E-state index >= 15 is 0 Å². The molecule has 0 aliphatic carbocycles. The fraction of sp³-hybridized carbons (Fsp3) is 0.778. The number of piperidine rings is 1. The maximum Gasteiger partial charge on any atom is 0.232 e. The van der Waals surface area contributed by atoms with Crippen molar-refractivity contribution in [1.29, 1.82) is 0 Å². The van der Waals surface area contributed by atoms with E-state index in [-0.39, 0.29) is 12.1 Å². The molecule has 7 nitrogen and oxygen atoms in total. The van der Waals surface area contributed by atoms with Crippen LogP contribution in [0, 0.1) is 11.8 Å². The Morgan fingerprint density at radius 2 is 1.40 bits per heavy atom. The fourth-order valence-electron chi connectivity index (χ4n) is 3.53. The summed E-state index contributed by atoms with van der Waals surface area (Å²) in [6.45, 7) is 10.3. The lowest BCUT2D eigenvalue weighted by Crippen LogP contribution is -2.44. The third-order valence-electron chi connectivity index (χ3n) is 4.74. The van der Waals surface area contributed by atoms with E-state index < -0.39 is 0 Å². The monoisotopic (exact) mass is 346 g/mol. The van der Waals surface area contributed by atoms with Crippen molar-refractivity contribution in [2.45, 2.75) is 65.5 Å². The second kappa shape index (κ2) is 7.54. The summed E-state index contributed by atoms with van der Waals surface area (Å²) in [5.74, 6) is 3.32. The van der Waals surface area contributed by atoms with Crippen LogP contribution in [-0.2, 0) is 4.79 Å². The predicted octanol–water partition coefficient (Wildman–Crippen LogP) is 2.71. The molecule has 2 aliphatic heterocycles. The van der Waals surface area contributed by atoms with Crippen LogP contribution in [0.3, 0.4) is 0 Å². The molecule has 0 saturated carbocycles. The lowest BCUT2D eigenvalue weighted by Gasteiger charge is -2.34. The van der Waals surface area contributed by atoms with Crippen molar-refractivity contribution in [3.8, 4) is 0 Å². The number of carbonyl (C=O) groups is 1. The normalized spacial score (nSPS) is 22.8. The Labute approximate surface area is 150 Å². The second-order valence-corrected chi connectivity index (χ2v) is 8.07. The summed E-state index contributed by atoms with van der Waals surface area (Å²) in [4.78, 5) is 28.0. The number of carbonyl (C=O) groups excluding carboxylic acids is 1. The minimum absolute atomic E-state index is 0.240. The first-order valence-electron chi connectivity index (χ1n) is 9.46. The van der Waals surface area contributed by atoms with Crippen molar-refractivity contribution < 1.29 is 4.79 Å². The first kappa shape index (κ1) is 17.9. The van der Waals surface area contributed by atoms with Gasteiger partial charge in [-0.3, -0.25) is 4.79 Å². The molecule has 0 amide bonds. The molecular weight excluding hydrogens is 316 g/mol. The average Bonchev–Trinajstić information content (AvgIpc) is 2.82. The topological polar surface area (TPSA) is 83.0 Å². The van der Waals surface area contributed by atoms with E-state index in [0.717, 1.165) is 25.9 Å². The van der Waals surface area contributed by atoms with Crippen LogP contribution in [0.1, 0.15) is 53.4 Å². The molecule has 0 aromatic carbocycles. The van der Waals surface area contributed by atoms with Crippen molar-refractivity contribution in [3.05, 3.63) is 0 Å². The van der Waals surface area contributed by atoms with Gasteiger partial charge < -0.3 is 15.5 Å². The van der Waals surface area contributed by atoms with Crippen LogP contribution in [-0.4, -0.2) is 45.9 Å². The van der Waals surface area contributed by atoms with Crippen molar-refractivity contribution in [2.24, 2.45) is 11.8 Å². The number of rotatable bonds is 7. The number of aromatic nitrogens is 3. The van der Waals surface area contributed by atoms with Crippen molar-refractivity contribution in [3.63, 3.8) is 0 Å². The highest BCUT2D eigenvalue weighted by Crippen LogP contribution is 2.36. The summed E-state index contributed by atoms with van der Waals surface area (Å²) in [5, 5.41) is 6.63. The van der Waals surface area contributed by atoms with E-state index in [4.69, 9.17) is 0 Å². The van der Waals surface area contributed by atoms with Crippen molar-refractivity contribution in [1.82, 2.24) is 15.0 Å². The van der Waals surface area contributed by atoms with E-state index in [1.165, 1.54) is 0 Å². The largest absolute Gasteiger partial charge is 0.354 e. The van der Waals surface area contributed by atoms with Crippen LogP contribution in [0.25, 0.3) is 0 Å². The van der Waals surface area contributed by atoms with Gasteiger partial charge in [0.05, 0.1) is 0 Å². The first-order valence-corrected chi connectivity index (χ1v) is 9.46. The summed E-state index contributed by atoms with van der Waals surface area (Å²) >= 11 is 0. The Bertz CT molecular complexity index is 571. The molecule has 2 saturated heterocycles. The lowest BCUT2D eigenvalue weighted by atomic mass is 10.0. The number of hydrogen-bond acceptors (Lipinski definition) is 7. The molecule has 2 bridgehead atoms. The highest BCUT2D eigenvalue weighted by Gasteiger charge is 2.41. The van der Waals surface area contributed by atoms with Gasteiger partial charge >= 0.3 is 0 Å². The van der Waals surface area contributed by atoms with E-state index in [1.54, 1.807) is 0 Å². The number of nitrogens with zero attached hydrogens (tertiary/aromatic N) is 4. The maximum atomic E-state index is 11.9. The fourth-order valence-corrected chi connectivity index (χ4v) is 3.53. The molecule has 3 rings (SSSR count). The van der Waals surface area contributed by atoms with E-state index in [9.17, 15) is 4.79 Å². The van der Waals surface area contributed by atoms with E-state index in [1.807, 2.05) is 0 Å². The zero-order chi connectivity index (χ0) is 18.0. The van der Waals surface area contributed by atoms with Gasteiger partial charge in [0.25, 0.3) is 0 Å². The van der Waals surface area contributed by atoms with Gasteiger partial charge in [-0.25, -0.2) is 0 Å². The van der Waals surface area contributed by atoms with Gasteiger partial charge in [0.15, 0.2) is 0 Å². The zero-order valence-electron chi connectivity index (χ0n) is 15.7. The summed E-state index contributed by atoms with van der Waals surface area (Å²) in [5.41, 5.74) is 0. The van der Waals surface area contributed by atoms with Gasteiger partial charge in [-0.05, 0) is 24.7 Å². The van der Waals surface area contributed by atoms with Crippen LogP contribution in [0.4, 0.5) is 17.8 Å². The summed E-state index contributed by atoms with van der Waals surface area (Å²) < 4.78 is 0. The van der Waals surface area contributed by atoms with Crippen LogP contribution < -0.4 is 15.5 Å². The van der Waals surface area contributed by atoms with E-state index in [2.05, 4.69) is 58.2 Å². The third kappa shape index (κ3) is 4.38. The standard InChI is InChI=1S/C18H30N6O/c1-11(2)9-19-16-21-17(20-10-12(3)4)23-18(22-16)24-13-5-6-14(24)8-15(25)7-13/h11-14H,5-10H2,1-4H3,(H2,19,20,21,22,23). The molecule has 0 spiro atoms. The van der Waals surface area contributed by atoms with Gasteiger partial charge in [0.1, 0.15) is 5.78 Å². The highest BCUT2D eigenvalue weighted by molar-refractivity contribution is 5.82. The molecule has 3 heterocycles. The van der Waals surface area contributed by atoms with Crippen molar-refractivity contribution >= 4 is 23.6 Å². The molecule has 2 aliphatic rings. The minimum atomic E-state index is 0.240. The van der Waals surface area contributed by atoms with Crippen LogP contribution in [0.15, 0.2) is 0 Å². The number of fused-ring (bicyclic) bond motifs is 2. The van der Waals surface area contributed by atoms with Gasteiger partial charge in [-0.1, -0.05) is 27.7 Å². The number of Topliss-reactive ketones (excluding diaryl/α,β-unsaturated/α-hetero) is 1. The third-order valence-corrected chi connectivity index (χ3v) is 4.74. The molecule has 1 aromatic heterocycles. The Balaban J connectivity index is 1.85. The van der Waals surface area contributed by atoms with Gasteiger partial charge in [0, 0.05) is 38.0 Å². The zero-order valence-corrected chi connectivity index (χ0v) is 15.7. The first-order chi connectivity index (χ1) is 11.9. The highest BCUT2D eigenvalue weighted by atomic mass is 16.1. The molecule has 138 valence electrons.